The van der Waals surface area contributed by atoms with Gasteiger partial charge in [-0.15, -0.1) is 0 Å². The van der Waals surface area contributed by atoms with Crippen LogP contribution in [0.1, 0.15) is 74.1 Å². The fourth-order valence-corrected chi connectivity index (χ4v) is 3.53. The second-order valence-electron chi connectivity index (χ2n) is 8.31. The molecule has 96 valence electrons. The van der Waals surface area contributed by atoms with E-state index in [4.69, 9.17) is 0 Å². The molecular weight excluding hydrogens is 192 g/mol. The predicted molar refractivity (Wildman–Crippen MR) is 73.5 cm³/mol. The molecule has 0 bridgehead atoms. The molecule has 3 atom stereocenters. The molecule has 0 spiro atoms. The summed E-state index contributed by atoms with van der Waals surface area (Å²) in [6.07, 6.45) is 5.77. The van der Waals surface area contributed by atoms with Crippen molar-refractivity contribution in [3.05, 3.63) is 0 Å². The molecule has 0 aromatic rings. The van der Waals surface area contributed by atoms with Crippen molar-refractivity contribution in [2.24, 2.45) is 28.6 Å². The zero-order valence-electron chi connectivity index (χ0n) is 12.6. The van der Waals surface area contributed by atoms with E-state index in [-0.39, 0.29) is 0 Å². The van der Waals surface area contributed by atoms with Gasteiger partial charge in [-0.3, -0.25) is 0 Å². The third-order valence-electron chi connectivity index (χ3n) is 4.39. The molecule has 0 saturated heterocycles. The Labute approximate surface area is 103 Å². The SMILES string of the molecule is CC1CCCC1C(CC(C)(C)C)C(C)(C)C. The largest absolute Gasteiger partial charge is 0.0622 e. The van der Waals surface area contributed by atoms with Gasteiger partial charge in [-0.25, -0.2) is 0 Å². The van der Waals surface area contributed by atoms with Crippen LogP contribution in [0.25, 0.3) is 0 Å². The number of rotatable bonds is 2. The van der Waals surface area contributed by atoms with Gasteiger partial charge in [0.05, 0.1) is 0 Å². The van der Waals surface area contributed by atoms with Crippen LogP contribution in [-0.2, 0) is 0 Å². The molecule has 0 N–H and O–H groups in total. The van der Waals surface area contributed by atoms with Crippen molar-refractivity contribution in [1.82, 2.24) is 0 Å². The first-order chi connectivity index (χ1) is 7.11. The Morgan fingerprint density at radius 2 is 1.56 bits per heavy atom. The maximum absolute atomic E-state index is 2.47. The van der Waals surface area contributed by atoms with Crippen molar-refractivity contribution in [3.8, 4) is 0 Å². The van der Waals surface area contributed by atoms with Crippen LogP contribution in [0.4, 0.5) is 0 Å². The second-order valence-corrected chi connectivity index (χ2v) is 8.31. The van der Waals surface area contributed by atoms with Gasteiger partial charge >= 0.3 is 0 Å². The summed E-state index contributed by atoms with van der Waals surface area (Å²) in [6.45, 7) is 17.0. The standard InChI is InChI=1S/C16H32/c1-12-9-8-10-13(12)14(16(5,6)7)11-15(2,3)4/h12-14H,8-11H2,1-7H3. The van der Waals surface area contributed by atoms with Gasteiger partial charge in [0.25, 0.3) is 0 Å². The monoisotopic (exact) mass is 224 g/mol. The minimum Gasteiger partial charge on any atom is -0.0622 e. The Morgan fingerprint density at radius 3 is 1.88 bits per heavy atom. The van der Waals surface area contributed by atoms with Crippen LogP contribution in [0.2, 0.25) is 0 Å². The minimum atomic E-state index is 0.469. The van der Waals surface area contributed by atoms with Gasteiger partial charge < -0.3 is 0 Å². The van der Waals surface area contributed by atoms with E-state index < -0.39 is 0 Å². The predicted octanol–water partition coefficient (Wildman–Crippen LogP) is 5.52. The summed E-state index contributed by atoms with van der Waals surface area (Å²) in [7, 11) is 0. The van der Waals surface area contributed by atoms with Gasteiger partial charge in [-0.1, -0.05) is 61.3 Å². The van der Waals surface area contributed by atoms with Crippen LogP contribution in [-0.4, -0.2) is 0 Å². The summed E-state index contributed by atoms with van der Waals surface area (Å²) < 4.78 is 0. The third kappa shape index (κ3) is 3.79. The smallest absolute Gasteiger partial charge is 0.0329 e. The molecular formula is C16H32. The van der Waals surface area contributed by atoms with E-state index in [0.717, 1.165) is 17.8 Å². The van der Waals surface area contributed by atoms with Gasteiger partial charge in [0.15, 0.2) is 0 Å². The first-order valence-corrected chi connectivity index (χ1v) is 7.11. The van der Waals surface area contributed by atoms with Gasteiger partial charge in [-0.2, -0.15) is 0 Å². The topological polar surface area (TPSA) is 0 Å². The number of hydrogen-bond acceptors (Lipinski definition) is 0. The molecule has 1 aliphatic rings. The molecule has 1 aliphatic carbocycles. The lowest BCUT2D eigenvalue weighted by atomic mass is 9.64. The summed E-state index contributed by atoms with van der Waals surface area (Å²) in [5, 5.41) is 0. The van der Waals surface area contributed by atoms with Crippen LogP contribution in [0.5, 0.6) is 0 Å². The Morgan fingerprint density at radius 1 is 1.00 bits per heavy atom. The van der Waals surface area contributed by atoms with E-state index >= 15 is 0 Å². The van der Waals surface area contributed by atoms with Crippen LogP contribution in [0.3, 0.4) is 0 Å². The summed E-state index contributed by atoms with van der Waals surface area (Å²) in [4.78, 5) is 0. The maximum atomic E-state index is 2.47. The number of hydrogen-bond donors (Lipinski definition) is 0. The fourth-order valence-electron chi connectivity index (χ4n) is 3.53. The molecule has 0 heteroatoms. The van der Waals surface area contributed by atoms with Crippen LogP contribution in [0, 0.1) is 28.6 Å². The van der Waals surface area contributed by atoms with Gasteiger partial charge in [-0.05, 0) is 41.4 Å². The molecule has 0 aromatic carbocycles. The Hall–Kier alpha value is 0. The molecule has 1 rings (SSSR count). The first kappa shape index (κ1) is 14.1. The van der Waals surface area contributed by atoms with Crippen molar-refractivity contribution in [1.29, 1.82) is 0 Å². The van der Waals surface area contributed by atoms with Gasteiger partial charge in [0.1, 0.15) is 0 Å². The first-order valence-electron chi connectivity index (χ1n) is 7.11. The maximum Gasteiger partial charge on any atom is -0.0329 e. The lowest BCUT2D eigenvalue weighted by molar-refractivity contribution is 0.0848. The average molecular weight is 224 g/mol. The van der Waals surface area contributed by atoms with E-state index in [2.05, 4.69) is 48.5 Å². The molecule has 0 amide bonds. The molecule has 1 saturated carbocycles. The van der Waals surface area contributed by atoms with E-state index in [0.29, 0.717) is 10.8 Å². The molecule has 3 unspecified atom stereocenters. The van der Waals surface area contributed by atoms with Gasteiger partial charge in [0, 0.05) is 0 Å². The summed E-state index contributed by atoms with van der Waals surface area (Å²) >= 11 is 0. The fraction of sp³-hybridized carbons (Fsp3) is 1.00. The van der Waals surface area contributed by atoms with E-state index in [1.807, 2.05) is 0 Å². The normalized spacial score (nSPS) is 29.4. The molecule has 0 nitrogen and oxygen atoms in total. The van der Waals surface area contributed by atoms with E-state index in [1.54, 1.807) is 0 Å². The zero-order valence-corrected chi connectivity index (χ0v) is 12.6. The Balaban J connectivity index is 2.79. The highest BCUT2D eigenvalue weighted by molar-refractivity contribution is 4.89. The third-order valence-corrected chi connectivity index (χ3v) is 4.39. The molecule has 0 aromatic heterocycles. The van der Waals surface area contributed by atoms with Crippen molar-refractivity contribution < 1.29 is 0 Å². The van der Waals surface area contributed by atoms with Crippen molar-refractivity contribution in [2.75, 3.05) is 0 Å². The quantitative estimate of drug-likeness (QED) is 0.579. The van der Waals surface area contributed by atoms with Gasteiger partial charge in [0.2, 0.25) is 0 Å². The highest BCUT2D eigenvalue weighted by Crippen LogP contribution is 2.48. The summed E-state index contributed by atoms with van der Waals surface area (Å²) in [5.74, 6) is 2.82. The highest BCUT2D eigenvalue weighted by Gasteiger charge is 2.39. The van der Waals surface area contributed by atoms with E-state index in [9.17, 15) is 0 Å². The summed E-state index contributed by atoms with van der Waals surface area (Å²) in [5.41, 5.74) is 0.941. The Kier molecular flexibility index (Phi) is 4.13. The molecule has 1 fully saturated rings. The van der Waals surface area contributed by atoms with Crippen molar-refractivity contribution in [3.63, 3.8) is 0 Å². The molecule has 0 radical (unpaired) electrons. The minimum absolute atomic E-state index is 0.469. The average Bonchev–Trinajstić information content (AvgIpc) is 2.43. The molecule has 0 aliphatic heterocycles. The van der Waals surface area contributed by atoms with Crippen LogP contribution in [0.15, 0.2) is 0 Å². The van der Waals surface area contributed by atoms with Crippen molar-refractivity contribution >= 4 is 0 Å². The van der Waals surface area contributed by atoms with Crippen LogP contribution < -0.4 is 0 Å². The molecule has 0 heterocycles. The van der Waals surface area contributed by atoms with Crippen LogP contribution >= 0.6 is 0 Å². The second kappa shape index (κ2) is 4.70. The zero-order chi connectivity index (χ0) is 12.6. The highest BCUT2D eigenvalue weighted by atomic mass is 14.4. The van der Waals surface area contributed by atoms with Crippen molar-refractivity contribution in [2.45, 2.75) is 74.1 Å². The Bertz CT molecular complexity index is 213. The summed E-state index contributed by atoms with van der Waals surface area (Å²) in [6, 6.07) is 0. The lowest BCUT2D eigenvalue weighted by Crippen LogP contribution is -2.33. The molecule has 16 heavy (non-hydrogen) atoms. The lowest BCUT2D eigenvalue weighted by Gasteiger charge is -2.41. The van der Waals surface area contributed by atoms with E-state index in [1.165, 1.54) is 25.7 Å².